The van der Waals surface area contributed by atoms with E-state index < -0.39 is 0 Å². The number of aryl methyl sites for hydroxylation is 2. The topological polar surface area (TPSA) is 65.4 Å². The highest BCUT2D eigenvalue weighted by Crippen LogP contribution is 2.24. The normalized spacial score (nSPS) is 12.6. The smallest absolute Gasteiger partial charge is 0.0607 e. The quantitative estimate of drug-likeness (QED) is 0.756. The Bertz CT molecular complexity index is 568. The first kappa shape index (κ1) is 15.6. The van der Waals surface area contributed by atoms with E-state index in [4.69, 9.17) is 0 Å². The summed E-state index contributed by atoms with van der Waals surface area (Å²) in [5.41, 5.74) is 4.56. The van der Waals surface area contributed by atoms with Crippen molar-refractivity contribution < 1.29 is 10.2 Å². The molecule has 3 N–H and O–H groups in total. The van der Waals surface area contributed by atoms with Crippen LogP contribution in [-0.4, -0.2) is 34.5 Å². The molecule has 4 heteroatoms. The molecule has 0 aliphatic rings. The summed E-state index contributed by atoms with van der Waals surface area (Å²) in [6.45, 7) is 3.93. The summed E-state index contributed by atoms with van der Waals surface area (Å²) in [4.78, 5) is 4.17. The average molecular weight is 286 g/mol. The third-order valence-electron chi connectivity index (χ3n) is 3.73. The van der Waals surface area contributed by atoms with E-state index in [1.807, 2.05) is 12.1 Å². The maximum atomic E-state index is 9.33. The number of nitrogens with one attached hydrogen (secondary N) is 1. The van der Waals surface area contributed by atoms with E-state index in [0.717, 1.165) is 11.1 Å². The molecule has 0 amide bonds. The summed E-state index contributed by atoms with van der Waals surface area (Å²) >= 11 is 0. The molecule has 0 spiro atoms. The number of aliphatic hydroxyl groups is 2. The second-order valence-corrected chi connectivity index (χ2v) is 5.29. The Morgan fingerprint density at radius 1 is 1.05 bits per heavy atom. The fourth-order valence-corrected chi connectivity index (χ4v) is 2.27. The van der Waals surface area contributed by atoms with Crippen molar-refractivity contribution in [3.05, 3.63) is 65.0 Å². The molecule has 2 rings (SSSR count). The van der Waals surface area contributed by atoms with Crippen molar-refractivity contribution in [2.75, 3.05) is 13.2 Å². The standard InChI is InChI=1S/C17H22N2O2/c1-12-5-6-14(8-13(12)2)17(19-16(10-20)11-21)15-4-3-7-18-9-15/h3-9,16-17,19-21H,10-11H2,1-2H3. The van der Waals surface area contributed by atoms with Crippen LogP contribution in [0.15, 0.2) is 42.7 Å². The summed E-state index contributed by atoms with van der Waals surface area (Å²) in [7, 11) is 0. The van der Waals surface area contributed by atoms with Crippen LogP contribution in [-0.2, 0) is 0 Å². The molecule has 2 aromatic rings. The van der Waals surface area contributed by atoms with Crippen molar-refractivity contribution in [2.24, 2.45) is 0 Å². The molecule has 1 aromatic carbocycles. The van der Waals surface area contributed by atoms with E-state index in [-0.39, 0.29) is 25.3 Å². The van der Waals surface area contributed by atoms with Crippen LogP contribution >= 0.6 is 0 Å². The Labute approximate surface area is 125 Å². The first-order valence-corrected chi connectivity index (χ1v) is 7.10. The summed E-state index contributed by atoms with van der Waals surface area (Å²) in [5.74, 6) is 0. The Hall–Kier alpha value is -1.75. The van der Waals surface area contributed by atoms with Gasteiger partial charge in [0.05, 0.1) is 25.3 Å². The zero-order valence-electron chi connectivity index (χ0n) is 12.5. The molecule has 1 aromatic heterocycles. The number of nitrogens with zero attached hydrogens (tertiary/aromatic N) is 1. The van der Waals surface area contributed by atoms with Crippen molar-refractivity contribution in [1.29, 1.82) is 0 Å². The number of hydrogen-bond donors (Lipinski definition) is 3. The van der Waals surface area contributed by atoms with E-state index >= 15 is 0 Å². The largest absolute Gasteiger partial charge is 0.395 e. The second kappa shape index (κ2) is 7.31. The lowest BCUT2D eigenvalue weighted by atomic mass is 9.96. The minimum Gasteiger partial charge on any atom is -0.395 e. The summed E-state index contributed by atoms with van der Waals surface area (Å²) in [6.07, 6.45) is 3.54. The summed E-state index contributed by atoms with van der Waals surface area (Å²) in [6, 6.07) is 9.69. The fraction of sp³-hybridized carbons (Fsp3) is 0.353. The van der Waals surface area contributed by atoms with Crippen molar-refractivity contribution in [1.82, 2.24) is 10.3 Å². The molecule has 0 radical (unpaired) electrons. The van der Waals surface area contributed by atoms with E-state index in [2.05, 4.69) is 42.3 Å². The minimum absolute atomic E-state index is 0.109. The zero-order valence-corrected chi connectivity index (χ0v) is 12.5. The average Bonchev–Trinajstić information content (AvgIpc) is 2.52. The van der Waals surface area contributed by atoms with Crippen LogP contribution < -0.4 is 5.32 Å². The van der Waals surface area contributed by atoms with Crippen LogP contribution in [0.25, 0.3) is 0 Å². The van der Waals surface area contributed by atoms with Crippen LogP contribution in [0, 0.1) is 13.8 Å². The van der Waals surface area contributed by atoms with Crippen molar-refractivity contribution in [2.45, 2.75) is 25.9 Å². The van der Waals surface area contributed by atoms with Gasteiger partial charge in [-0.05, 0) is 42.2 Å². The van der Waals surface area contributed by atoms with Crippen LogP contribution in [0.1, 0.15) is 28.3 Å². The predicted molar refractivity (Wildman–Crippen MR) is 83.1 cm³/mol. The predicted octanol–water partition coefficient (Wildman–Crippen LogP) is 1.73. The molecule has 0 aliphatic heterocycles. The first-order valence-electron chi connectivity index (χ1n) is 7.10. The molecule has 1 unspecified atom stereocenters. The van der Waals surface area contributed by atoms with Crippen molar-refractivity contribution in [3.63, 3.8) is 0 Å². The Morgan fingerprint density at radius 3 is 2.38 bits per heavy atom. The Balaban J connectivity index is 2.37. The molecular formula is C17H22N2O2. The molecule has 1 heterocycles. The fourth-order valence-electron chi connectivity index (χ4n) is 2.27. The van der Waals surface area contributed by atoms with Gasteiger partial charge >= 0.3 is 0 Å². The van der Waals surface area contributed by atoms with Gasteiger partial charge in [0.15, 0.2) is 0 Å². The third kappa shape index (κ3) is 3.88. The zero-order chi connectivity index (χ0) is 15.2. The van der Waals surface area contributed by atoms with Gasteiger partial charge in [-0.25, -0.2) is 0 Å². The summed E-state index contributed by atoms with van der Waals surface area (Å²) < 4.78 is 0. The molecule has 0 fully saturated rings. The van der Waals surface area contributed by atoms with Gasteiger partial charge in [-0.1, -0.05) is 24.3 Å². The highest BCUT2D eigenvalue weighted by Gasteiger charge is 2.18. The van der Waals surface area contributed by atoms with E-state index in [9.17, 15) is 10.2 Å². The molecule has 4 nitrogen and oxygen atoms in total. The maximum Gasteiger partial charge on any atom is 0.0607 e. The van der Waals surface area contributed by atoms with E-state index in [1.165, 1.54) is 11.1 Å². The minimum atomic E-state index is -0.364. The lowest BCUT2D eigenvalue weighted by molar-refractivity contribution is 0.165. The number of pyridine rings is 1. The number of hydrogen-bond acceptors (Lipinski definition) is 4. The van der Waals surface area contributed by atoms with E-state index in [1.54, 1.807) is 12.4 Å². The SMILES string of the molecule is Cc1ccc(C(NC(CO)CO)c2cccnc2)cc1C. The molecular weight excluding hydrogens is 264 g/mol. The Kier molecular flexibility index (Phi) is 5.44. The van der Waals surface area contributed by atoms with Gasteiger partial charge in [0.1, 0.15) is 0 Å². The molecule has 1 atom stereocenters. The first-order chi connectivity index (χ1) is 10.2. The van der Waals surface area contributed by atoms with Gasteiger partial charge in [0, 0.05) is 12.4 Å². The second-order valence-electron chi connectivity index (χ2n) is 5.29. The maximum absolute atomic E-state index is 9.33. The summed E-state index contributed by atoms with van der Waals surface area (Å²) in [5, 5.41) is 22.0. The number of rotatable bonds is 6. The van der Waals surface area contributed by atoms with Gasteiger partial charge < -0.3 is 10.2 Å². The van der Waals surface area contributed by atoms with Crippen LogP contribution in [0.5, 0.6) is 0 Å². The highest BCUT2D eigenvalue weighted by atomic mass is 16.3. The highest BCUT2D eigenvalue weighted by molar-refractivity contribution is 5.36. The monoisotopic (exact) mass is 286 g/mol. The molecule has 112 valence electrons. The molecule has 0 aliphatic carbocycles. The molecule has 0 bridgehead atoms. The van der Waals surface area contributed by atoms with Crippen LogP contribution in [0.2, 0.25) is 0 Å². The van der Waals surface area contributed by atoms with Gasteiger partial charge in [0.2, 0.25) is 0 Å². The van der Waals surface area contributed by atoms with E-state index in [0.29, 0.717) is 0 Å². The van der Waals surface area contributed by atoms with Crippen molar-refractivity contribution >= 4 is 0 Å². The van der Waals surface area contributed by atoms with Crippen molar-refractivity contribution in [3.8, 4) is 0 Å². The molecule has 0 saturated carbocycles. The van der Waals surface area contributed by atoms with Crippen LogP contribution in [0.3, 0.4) is 0 Å². The lowest BCUT2D eigenvalue weighted by Gasteiger charge is -2.24. The Morgan fingerprint density at radius 2 is 1.81 bits per heavy atom. The molecule has 0 saturated heterocycles. The number of benzene rings is 1. The van der Waals surface area contributed by atoms with Gasteiger partial charge in [0.25, 0.3) is 0 Å². The number of aliphatic hydroxyl groups excluding tert-OH is 2. The molecule has 21 heavy (non-hydrogen) atoms. The van der Waals surface area contributed by atoms with Gasteiger partial charge in [-0.2, -0.15) is 0 Å². The number of aromatic nitrogens is 1. The van der Waals surface area contributed by atoms with Crippen LogP contribution in [0.4, 0.5) is 0 Å². The third-order valence-corrected chi connectivity index (χ3v) is 3.73. The van der Waals surface area contributed by atoms with Gasteiger partial charge in [-0.15, -0.1) is 0 Å². The van der Waals surface area contributed by atoms with Gasteiger partial charge in [-0.3, -0.25) is 10.3 Å². The lowest BCUT2D eigenvalue weighted by Crippen LogP contribution is -2.39.